The molecular weight excluding hydrogens is 216 g/mol. The van der Waals surface area contributed by atoms with Crippen LogP contribution in [0, 0.1) is 17.2 Å². The second-order valence-corrected chi connectivity index (χ2v) is 4.38. The van der Waals surface area contributed by atoms with E-state index < -0.39 is 11.2 Å². The van der Waals surface area contributed by atoms with Crippen molar-refractivity contribution in [3.8, 4) is 6.07 Å². The molecule has 0 heterocycles. The molecule has 84 valence electrons. The number of carboxylic acids is 1. The number of carbonyl (C=O) groups is 2. The molecular formula is C9H14N2O3S. The summed E-state index contributed by atoms with van der Waals surface area (Å²) < 4.78 is 0. The van der Waals surface area contributed by atoms with Gasteiger partial charge in [0.25, 0.3) is 0 Å². The molecule has 0 aromatic rings. The van der Waals surface area contributed by atoms with Crippen molar-refractivity contribution in [3.05, 3.63) is 0 Å². The van der Waals surface area contributed by atoms with Gasteiger partial charge >= 0.3 is 5.97 Å². The minimum absolute atomic E-state index is 0.0312. The second kappa shape index (κ2) is 7.12. The highest BCUT2D eigenvalue weighted by Crippen LogP contribution is 2.19. The SMILES string of the molecule is CC(C)C(SCC(=O)NCC#N)C(=O)O. The number of hydrogen-bond acceptors (Lipinski definition) is 4. The van der Waals surface area contributed by atoms with Gasteiger partial charge in [0.1, 0.15) is 11.8 Å². The van der Waals surface area contributed by atoms with Gasteiger partial charge in [0.2, 0.25) is 5.91 Å². The number of hydrogen-bond donors (Lipinski definition) is 2. The van der Waals surface area contributed by atoms with Crippen LogP contribution in [0.3, 0.4) is 0 Å². The van der Waals surface area contributed by atoms with Gasteiger partial charge in [-0.25, -0.2) is 0 Å². The van der Waals surface area contributed by atoms with Crippen LogP contribution in [-0.4, -0.2) is 34.5 Å². The molecule has 0 saturated carbocycles. The van der Waals surface area contributed by atoms with Gasteiger partial charge in [-0.3, -0.25) is 9.59 Å². The Labute approximate surface area is 92.8 Å². The van der Waals surface area contributed by atoms with Crippen LogP contribution in [0.4, 0.5) is 0 Å². The highest BCUT2D eigenvalue weighted by molar-refractivity contribution is 8.01. The smallest absolute Gasteiger partial charge is 0.316 e. The summed E-state index contributed by atoms with van der Waals surface area (Å²) in [7, 11) is 0. The lowest BCUT2D eigenvalue weighted by Gasteiger charge is -2.14. The zero-order valence-corrected chi connectivity index (χ0v) is 9.50. The summed E-state index contributed by atoms with van der Waals surface area (Å²) in [6, 6.07) is 1.77. The average molecular weight is 230 g/mol. The summed E-state index contributed by atoms with van der Waals surface area (Å²) in [6.45, 7) is 3.54. The highest BCUT2D eigenvalue weighted by atomic mass is 32.2. The number of nitrogens with zero attached hydrogens (tertiary/aromatic N) is 1. The Morgan fingerprint density at radius 1 is 1.53 bits per heavy atom. The number of carboxylic acid groups (broad SMARTS) is 1. The zero-order valence-electron chi connectivity index (χ0n) is 8.69. The maximum absolute atomic E-state index is 11.1. The number of amides is 1. The molecule has 0 aromatic heterocycles. The number of thioether (sulfide) groups is 1. The molecule has 1 amide bonds. The lowest BCUT2D eigenvalue weighted by atomic mass is 10.1. The van der Waals surface area contributed by atoms with E-state index in [-0.39, 0.29) is 24.1 Å². The first-order chi connectivity index (χ1) is 6.99. The van der Waals surface area contributed by atoms with Crippen LogP contribution in [0.1, 0.15) is 13.8 Å². The topological polar surface area (TPSA) is 90.2 Å². The molecule has 0 aliphatic rings. The first-order valence-corrected chi connectivity index (χ1v) is 5.52. The van der Waals surface area contributed by atoms with Gasteiger partial charge in [-0.2, -0.15) is 5.26 Å². The molecule has 0 spiro atoms. The minimum atomic E-state index is -0.914. The van der Waals surface area contributed by atoms with Crippen molar-refractivity contribution in [2.75, 3.05) is 12.3 Å². The van der Waals surface area contributed by atoms with Crippen molar-refractivity contribution in [1.29, 1.82) is 5.26 Å². The molecule has 2 N–H and O–H groups in total. The normalized spacial score (nSPS) is 11.9. The number of aliphatic carboxylic acids is 1. The predicted molar refractivity (Wildman–Crippen MR) is 57.3 cm³/mol. The fraction of sp³-hybridized carbons (Fsp3) is 0.667. The Morgan fingerprint density at radius 2 is 2.13 bits per heavy atom. The fourth-order valence-corrected chi connectivity index (χ4v) is 1.86. The number of nitriles is 1. The highest BCUT2D eigenvalue weighted by Gasteiger charge is 2.22. The fourth-order valence-electron chi connectivity index (χ4n) is 0.904. The lowest BCUT2D eigenvalue weighted by Crippen LogP contribution is -2.29. The summed E-state index contributed by atoms with van der Waals surface area (Å²) in [5.74, 6) is -1.19. The largest absolute Gasteiger partial charge is 0.480 e. The minimum Gasteiger partial charge on any atom is -0.480 e. The van der Waals surface area contributed by atoms with E-state index in [0.29, 0.717) is 0 Å². The quantitative estimate of drug-likeness (QED) is 0.647. The Morgan fingerprint density at radius 3 is 2.53 bits per heavy atom. The molecule has 1 atom stereocenters. The molecule has 0 radical (unpaired) electrons. The van der Waals surface area contributed by atoms with Crippen LogP contribution >= 0.6 is 11.8 Å². The van der Waals surface area contributed by atoms with E-state index in [0.717, 1.165) is 11.8 Å². The van der Waals surface area contributed by atoms with Gasteiger partial charge < -0.3 is 10.4 Å². The van der Waals surface area contributed by atoms with Gasteiger partial charge in [0, 0.05) is 0 Å². The molecule has 15 heavy (non-hydrogen) atoms. The first kappa shape index (κ1) is 13.8. The van der Waals surface area contributed by atoms with E-state index in [1.54, 1.807) is 19.9 Å². The summed E-state index contributed by atoms with van der Waals surface area (Å²) in [6.07, 6.45) is 0. The van der Waals surface area contributed by atoms with Crippen molar-refractivity contribution in [2.45, 2.75) is 19.1 Å². The molecule has 1 unspecified atom stereocenters. The molecule has 0 fully saturated rings. The van der Waals surface area contributed by atoms with Crippen molar-refractivity contribution in [1.82, 2.24) is 5.32 Å². The van der Waals surface area contributed by atoms with Gasteiger partial charge in [-0.15, -0.1) is 11.8 Å². The van der Waals surface area contributed by atoms with Gasteiger partial charge in [0.05, 0.1) is 11.8 Å². The third kappa shape index (κ3) is 5.96. The number of rotatable bonds is 6. The summed E-state index contributed by atoms with van der Waals surface area (Å²) in [5.41, 5.74) is 0. The van der Waals surface area contributed by atoms with Crippen LogP contribution in [0.25, 0.3) is 0 Å². The van der Waals surface area contributed by atoms with E-state index in [1.807, 2.05) is 0 Å². The zero-order chi connectivity index (χ0) is 11.8. The van der Waals surface area contributed by atoms with Crippen LogP contribution in [0.15, 0.2) is 0 Å². The Hall–Kier alpha value is -1.22. The van der Waals surface area contributed by atoms with Crippen LogP contribution in [-0.2, 0) is 9.59 Å². The van der Waals surface area contributed by atoms with E-state index in [2.05, 4.69) is 5.32 Å². The van der Waals surface area contributed by atoms with E-state index in [9.17, 15) is 9.59 Å². The molecule has 0 aliphatic heterocycles. The standard InChI is InChI=1S/C9H14N2O3S/c1-6(2)8(9(13)14)15-5-7(12)11-4-3-10/h6,8H,4-5H2,1-2H3,(H,11,12)(H,13,14). The molecule has 0 bridgehead atoms. The third-order valence-corrected chi connectivity index (χ3v) is 3.14. The molecule has 6 heteroatoms. The first-order valence-electron chi connectivity index (χ1n) is 4.47. The van der Waals surface area contributed by atoms with Gasteiger partial charge in [-0.1, -0.05) is 13.8 Å². The molecule has 5 nitrogen and oxygen atoms in total. The Bertz CT molecular complexity index is 273. The summed E-state index contributed by atoms with van der Waals surface area (Å²) in [4.78, 5) is 21.8. The number of nitrogens with one attached hydrogen (secondary N) is 1. The summed E-state index contributed by atoms with van der Waals surface area (Å²) >= 11 is 1.08. The molecule has 0 rings (SSSR count). The third-order valence-electron chi connectivity index (χ3n) is 1.61. The Balaban J connectivity index is 3.96. The van der Waals surface area contributed by atoms with E-state index in [4.69, 9.17) is 10.4 Å². The maximum atomic E-state index is 11.1. The van der Waals surface area contributed by atoms with Crippen molar-refractivity contribution >= 4 is 23.6 Å². The lowest BCUT2D eigenvalue weighted by molar-refractivity contribution is -0.137. The average Bonchev–Trinajstić information content (AvgIpc) is 2.13. The van der Waals surface area contributed by atoms with E-state index in [1.165, 1.54) is 0 Å². The Kier molecular flexibility index (Phi) is 6.54. The monoisotopic (exact) mass is 230 g/mol. The van der Waals surface area contributed by atoms with Crippen LogP contribution in [0.5, 0.6) is 0 Å². The summed E-state index contributed by atoms with van der Waals surface area (Å²) in [5, 5.41) is 18.8. The van der Waals surface area contributed by atoms with Gasteiger partial charge in [-0.05, 0) is 5.92 Å². The van der Waals surface area contributed by atoms with Gasteiger partial charge in [0.15, 0.2) is 0 Å². The molecule has 0 saturated heterocycles. The second-order valence-electron chi connectivity index (χ2n) is 3.25. The van der Waals surface area contributed by atoms with Crippen molar-refractivity contribution in [3.63, 3.8) is 0 Å². The predicted octanol–water partition coefficient (Wildman–Crippen LogP) is 0.469. The van der Waals surface area contributed by atoms with E-state index >= 15 is 0 Å². The van der Waals surface area contributed by atoms with Crippen LogP contribution < -0.4 is 5.32 Å². The van der Waals surface area contributed by atoms with Crippen LogP contribution in [0.2, 0.25) is 0 Å². The molecule has 0 aliphatic carbocycles. The van der Waals surface area contributed by atoms with Crippen molar-refractivity contribution < 1.29 is 14.7 Å². The van der Waals surface area contributed by atoms with Crippen molar-refractivity contribution in [2.24, 2.45) is 5.92 Å². The molecule has 0 aromatic carbocycles. The number of carbonyl (C=O) groups excluding carboxylic acids is 1. The maximum Gasteiger partial charge on any atom is 0.316 e.